The third kappa shape index (κ3) is 4.39. The van der Waals surface area contributed by atoms with E-state index in [1.54, 1.807) is 29.2 Å². The Morgan fingerprint density at radius 2 is 1.79 bits per heavy atom. The van der Waals surface area contributed by atoms with Crippen LogP contribution in [0.5, 0.6) is 0 Å². The van der Waals surface area contributed by atoms with Crippen LogP contribution in [0, 0.1) is 0 Å². The number of nitrogens with zero attached hydrogens (tertiary/aromatic N) is 3. The molecule has 0 saturated heterocycles. The SMILES string of the molecule is O=C(NNC(=O)c1cn(Cc2ccccc2)nc1-c1cccs1)c1cccnc1. The standard InChI is InChI=1S/C21H17N5O2S/c27-20(16-8-4-10-22-12-16)23-24-21(28)17-14-26(13-15-6-2-1-3-7-15)25-19(17)18-9-5-11-29-18/h1-12,14H,13H2,(H,23,27)(H,24,28). The molecule has 2 amide bonds. The van der Waals surface area contributed by atoms with Gasteiger partial charge >= 0.3 is 0 Å². The van der Waals surface area contributed by atoms with E-state index in [4.69, 9.17) is 0 Å². The Morgan fingerprint density at radius 3 is 2.52 bits per heavy atom. The highest BCUT2D eigenvalue weighted by atomic mass is 32.1. The zero-order valence-electron chi connectivity index (χ0n) is 15.3. The van der Waals surface area contributed by atoms with Gasteiger partial charge in [-0.1, -0.05) is 36.4 Å². The number of hydrogen-bond acceptors (Lipinski definition) is 5. The molecule has 2 N–H and O–H groups in total. The van der Waals surface area contributed by atoms with Gasteiger partial charge in [-0.25, -0.2) is 0 Å². The highest BCUT2D eigenvalue weighted by molar-refractivity contribution is 7.13. The molecule has 0 aliphatic carbocycles. The van der Waals surface area contributed by atoms with Crippen molar-refractivity contribution in [1.29, 1.82) is 0 Å². The van der Waals surface area contributed by atoms with Crippen LogP contribution in [0.3, 0.4) is 0 Å². The normalized spacial score (nSPS) is 10.5. The van der Waals surface area contributed by atoms with Crippen molar-refractivity contribution in [2.24, 2.45) is 0 Å². The molecule has 7 nitrogen and oxygen atoms in total. The second-order valence-corrected chi connectivity index (χ2v) is 7.15. The number of thiophene rings is 1. The number of carbonyl (C=O) groups excluding carboxylic acids is 2. The molecule has 8 heteroatoms. The third-order valence-corrected chi connectivity index (χ3v) is 5.04. The quantitative estimate of drug-likeness (QED) is 0.501. The second-order valence-electron chi connectivity index (χ2n) is 6.20. The second kappa shape index (κ2) is 8.49. The summed E-state index contributed by atoms with van der Waals surface area (Å²) in [4.78, 5) is 29.7. The van der Waals surface area contributed by atoms with Crippen molar-refractivity contribution >= 4 is 23.2 Å². The van der Waals surface area contributed by atoms with Crippen molar-refractivity contribution in [2.45, 2.75) is 6.54 Å². The predicted molar refractivity (Wildman–Crippen MR) is 110 cm³/mol. The first-order chi connectivity index (χ1) is 14.2. The van der Waals surface area contributed by atoms with Gasteiger partial charge < -0.3 is 0 Å². The molecule has 4 rings (SSSR count). The van der Waals surface area contributed by atoms with Gasteiger partial charge in [-0.3, -0.25) is 30.1 Å². The zero-order valence-corrected chi connectivity index (χ0v) is 16.1. The van der Waals surface area contributed by atoms with Crippen LogP contribution in [0.15, 0.2) is 78.6 Å². The fraction of sp³-hybridized carbons (Fsp3) is 0.0476. The highest BCUT2D eigenvalue weighted by Gasteiger charge is 2.19. The molecule has 0 atom stereocenters. The first-order valence-electron chi connectivity index (χ1n) is 8.86. The molecule has 29 heavy (non-hydrogen) atoms. The average Bonchev–Trinajstić information content (AvgIpc) is 3.43. The van der Waals surface area contributed by atoms with Crippen LogP contribution in [-0.4, -0.2) is 26.6 Å². The fourth-order valence-electron chi connectivity index (χ4n) is 2.78. The van der Waals surface area contributed by atoms with Gasteiger partial charge in [0.1, 0.15) is 5.69 Å². The topological polar surface area (TPSA) is 88.9 Å². The number of nitrogens with one attached hydrogen (secondary N) is 2. The van der Waals surface area contributed by atoms with Crippen molar-refractivity contribution in [3.63, 3.8) is 0 Å². The molecule has 0 unspecified atom stereocenters. The first kappa shape index (κ1) is 18.6. The zero-order chi connectivity index (χ0) is 20.1. The molecule has 3 heterocycles. The Hall–Kier alpha value is -3.78. The number of benzene rings is 1. The van der Waals surface area contributed by atoms with Crippen molar-refractivity contribution in [2.75, 3.05) is 0 Å². The highest BCUT2D eigenvalue weighted by Crippen LogP contribution is 2.26. The van der Waals surface area contributed by atoms with Crippen LogP contribution in [0.4, 0.5) is 0 Å². The van der Waals surface area contributed by atoms with Crippen LogP contribution in [0.2, 0.25) is 0 Å². The van der Waals surface area contributed by atoms with Gasteiger partial charge in [0.25, 0.3) is 11.8 Å². The lowest BCUT2D eigenvalue weighted by Crippen LogP contribution is -2.41. The van der Waals surface area contributed by atoms with Gasteiger partial charge in [0.15, 0.2) is 0 Å². The Morgan fingerprint density at radius 1 is 0.966 bits per heavy atom. The van der Waals surface area contributed by atoms with E-state index in [-0.39, 0.29) is 0 Å². The molecule has 0 aliphatic heterocycles. The average molecular weight is 403 g/mol. The molecule has 3 aromatic heterocycles. The molecule has 144 valence electrons. The van der Waals surface area contributed by atoms with Crippen molar-refractivity contribution < 1.29 is 9.59 Å². The largest absolute Gasteiger partial charge is 0.273 e. The van der Waals surface area contributed by atoms with E-state index in [1.165, 1.54) is 17.5 Å². The van der Waals surface area contributed by atoms with E-state index in [9.17, 15) is 9.59 Å². The summed E-state index contributed by atoms with van der Waals surface area (Å²) in [5, 5.41) is 6.53. The lowest BCUT2D eigenvalue weighted by atomic mass is 10.2. The summed E-state index contributed by atoms with van der Waals surface area (Å²) in [6.07, 6.45) is 4.69. The molecule has 0 aliphatic rings. The van der Waals surface area contributed by atoms with E-state index in [2.05, 4.69) is 20.9 Å². The molecular weight excluding hydrogens is 386 g/mol. The fourth-order valence-corrected chi connectivity index (χ4v) is 3.51. The van der Waals surface area contributed by atoms with Crippen LogP contribution in [0.1, 0.15) is 26.3 Å². The van der Waals surface area contributed by atoms with Gasteiger partial charge in [-0.2, -0.15) is 5.10 Å². The van der Waals surface area contributed by atoms with E-state index >= 15 is 0 Å². The van der Waals surface area contributed by atoms with E-state index in [1.807, 2.05) is 47.8 Å². The van der Waals surface area contributed by atoms with Crippen molar-refractivity contribution in [3.05, 3.63) is 95.3 Å². The molecule has 0 radical (unpaired) electrons. The Balaban J connectivity index is 1.54. The summed E-state index contributed by atoms with van der Waals surface area (Å²) in [5.74, 6) is -0.884. The molecule has 0 bridgehead atoms. The number of carbonyl (C=O) groups is 2. The summed E-state index contributed by atoms with van der Waals surface area (Å²) in [6, 6.07) is 16.9. The van der Waals surface area contributed by atoms with Gasteiger partial charge in [-0.15, -0.1) is 11.3 Å². The summed E-state index contributed by atoms with van der Waals surface area (Å²) in [6.45, 7) is 0.536. The monoisotopic (exact) mass is 403 g/mol. The number of aromatic nitrogens is 3. The van der Waals surface area contributed by atoms with E-state index in [0.717, 1.165) is 10.4 Å². The van der Waals surface area contributed by atoms with Gasteiger partial charge in [0, 0.05) is 18.6 Å². The number of amides is 2. The summed E-state index contributed by atoms with van der Waals surface area (Å²) in [7, 11) is 0. The molecule has 1 aromatic carbocycles. The van der Waals surface area contributed by atoms with Crippen LogP contribution < -0.4 is 10.9 Å². The minimum atomic E-state index is -0.444. The van der Waals surface area contributed by atoms with Crippen LogP contribution >= 0.6 is 11.3 Å². The number of hydrazine groups is 1. The minimum absolute atomic E-state index is 0.353. The predicted octanol–water partition coefficient (Wildman–Crippen LogP) is 3.13. The van der Waals surface area contributed by atoms with Gasteiger partial charge in [-0.05, 0) is 29.1 Å². The van der Waals surface area contributed by atoms with Crippen LogP contribution in [-0.2, 0) is 6.54 Å². The summed E-state index contributed by atoms with van der Waals surface area (Å²) >= 11 is 1.50. The maximum atomic E-state index is 12.8. The van der Waals surface area contributed by atoms with Gasteiger partial charge in [0.2, 0.25) is 0 Å². The molecular formula is C21H17N5O2S. The molecule has 4 aromatic rings. The summed E-state index contributed by atoms with van der Waals surface area (Å²) in [5.41, 5.74) is 7.26. The Kier molecular flexibility index (Phi) is 5.44. The Labute approximate surface area is 171 Å². The maximum Gasteiger partial charge on any atom is 0.273 e. The van der Waals surface area contributed by atoms with Crippen molar-refractivity contribution in [1.82, 2.24) is 25.6 Å². The molecule has 0 fully saturated rings. The van der Waals surface area contributed by atoms with E-state index < -0.39 is 11.8 Å². The third-order valence-electron chi connectivity index (χ3n) is 4.16. The van der Waals surface area contributed by atoms with Crippen LogP contribution in [0.25, 0.3) is 10.6 Å². The molecule has 0 spiro atoms. The lowest BCUT2D eigenvalue weighted by Gasteiger charge is -2.06. The smallest absolute Gasteiger partial charge is 0.267 e. The molecule has 0 saturated carbocycles. The number of hydrogen-bond donors (Lipinski definition) is 2. The van der Waals surface area contributed by atoms with Gasteiger partial charge in [0.05, 0.1) is 22.5 Å². The number of pyridine rings is 1. The minimum Gasteiger partial charge on any atom is -0.267 e. The first-order valence-corrected chi connectivity index (χ1v) is 9.74. The lowest BCUT2D eigenvalue weighted by molar-refractivity contribution is 0.0847. The Bertz CT molecular complexity index is 1110. The van der Waals surface area contributed by atoms with Crippen molar-refractivity contribution in [3.8, 4) is 10.6 Å². The number of rotatable bonds is 5. The summed E-state index contributed by atoms with van der Waals surface area (Å²) < 4.78 is 1.72. The van der Waals surface area contributed by atoms with E-state index in [0.29, 0.717) is 23.4 Å². The maximum absolute atomic E-state index is 12.8.